The number of amides is 2. The molecule has 2 aromatic rings. The van der Waals surface area contributed by atoms with Crippen molar-refractivity contribution in [1.82, 2.24) is 5.32 Å². The van der Waals surface area contributed by atoms with E-state index in [0.29, 0.717) is 5.56 Å². The highest BCUT2D eigenvalue weighted by molar-refractivity contribution is 8.00. The third-order valence-electron chi connectivity index (χ3n) is 2.84. The van der Waals surface area contributed by atoms with Crippen LogP contribution in [0.3, 0.4) is 0 Å². The Bertz CT molecular complexity index is 602. The van der Waals surface area contributed by atoms with Gasteiger partial charge in [0.1, 0.15) is 6.04 Å². The Morgan fingerprint density at radius 2 is 1.57 bits per heavy atom. The molecule has 5 heteroatoms. The number of hydrogen-bond donors (Lipinski definition) is 2. The second-order valence-corrected chi connectivity index (χ2v) is 5.46. The van der Waals surface area contributed by atoms with Crippen molar-refractivity contribution in [2.45, 2.75) is 10.9 Å². The largest absolute Gasteiger partial charge is 0.368 e. The Hall–Kier alpha value is -2.27. The van der Waals surface area contributed by atoms with E-state index in [0.717, 1.165) is 4.90 Å². The normalized spacial score (nSPS) is 11.6. The SMILES string of the molecule is NC(=O)C(NC(=O)CSc1ccccc1)c1ccccc1. The first-order chi connectivity index (χ1) is 10.2. The number of hydrogen-bond acceptors (Lipinski definition) is 3. The van der Waals surface area contributed by atoms with E-state index in [2.05, 4.69) is 5.32 Å². The van der Waals surface area contributed by atoms with Crippen molar-refractivity contribution in [3.8, 4) is 0 Å². The average Bonchev–Trinajstić information content (AvgIpc) is 2.52. The highest BCUT2D eigenvalue weighted by atomic mass is 32.2. The van der Waals surface area contributed by atoms with Crippen molar-refractivity contribution in [3.05, 3.63) is 66.2 Å². The zero-order valence-electron chi connectivity index (χ0n) is 11.4. The average molecular weight is 300 g/mol. The van der Waals surface area contributed by atoms with Gasteiger partial charge in [0.15, 0.2) is 0 Å². The Morgan fingerprint density at radius 1 is 1.00 bits per heavy atom. The maximum absolute atomic E-state index is 12.0. The predicted octanol–water partition coefficient (Wildman–Crippen LogP) is 2.12. The van der Waals surface area contributed by atoms with Crippen LogP contribution in [0, 0.1) is 0 Å². The van der Waals surface area contributed by atoms with Crippen LogP contribution < -0.4 is 11.1 Å². The van der Waals surface area contributed by atoms with E-state index in [9.17, 15) is 9.59 Å². The molecule has 0 heterocycles. The standard InChI is InChI=1S/C16H16N2O2S/c17-16(20)15(12-7-3-1-4-8-12)18-14(19)11-21-13-9-5-2-6-10-13/h1-10,15H,11H2,(H2,17,20)(H,18,19). The van der Waals surface area contributed by atoms with Crippen molar-refractivity contribution < 1.29 is 9.59 Å². The van der Waals surface area contributed by atoms with Crippen molar-refractivity contribution in [1.29, 1.82) is 0 Å². The molecule has 0 saturated heterocycles. The van der Waals surface area contributed by atoms with E-state index in [-0.39, 0.29) is 11.7 Å². The third-order valence-corrected chi connectivity index (χ3v) is 3.85. The highest BCUT2D eigenvalue weighted by Gasteiger charge is 2.19. The minimum Gasteiger partial charge on any atom is -0.368 e. The molecule has 4 nitrogen and oxygen atoms in total. The van der Waals surface area contributed by atoms with Crippen molar-refractivity contribution in [2.75, 3.05) is 5.75 Å². The summed E-state index contributed by atoms with van der Waals surface area (Å²) in [5.74, 6) is -0.559. The summed E-state index contributed by atoms with van der Waals surface area (Å²) in [6.45, 7) is 0. The van der Waals surface area contributed by atoms with Crippen LogP contribution in [0.2, 0.25) is 0 Å². The van der Waals surface area contributed by atoms with Gasteiger partial charge in [0.25, 0.3) is 0 Å². The molecule has 0 aliphatic heterocycles. The van der Waals surface area contributed by atoms with Gasteiger partial charge >= 0.3 is 0 Å². The summed E-state index contributed by atoms with van der Waals surface area (Å²) in [6, 6.07) is 17.8. The summed E-state index contributed by atoms with van der Waals surface area (Å²) in [5.41, 5.74) is 6.05. The van der Waals surface area contributed by atoms with Gasteiger partial charge in [-0.15, -0.1) is 11.8 Å². The molecular formula is C16H16N2O2S. The van der Waals surface area contributed by atoms with Crippen LogP contribution in [0.25, 0.3) is 0 Å². The molecule has 21 heavy (non-hydrogen) atoms. The van der Waals surface area contributed by atoms with Gasteiger partial charge in [-0.1, -0.05) is 48.5 Å². The summed E-state index contributed by atoms with van der Waals surface area (Å²) < 4.78 is 0. The summed E-state index contributed by atoms with van der Waals surface area (Å²) >= 11 is 1.41. The van der Waals surface area contributed by atoms with Gasteiger partial charge in [-0.25, -0.2) is 0 Å². The number of nitrogens with one attached hydrogen (secondary N) is 1. The fourth-order valence-corrected chi connectivity index (χ4v) is 2.56. The van der Waals surface area contributed by atoms with Crippen LogP contribution in [0.1, 0.15) is 11.6 Å². The van der Waals surface area contributed by atoms with Gasteiger partial charge in [0.05, 0.1) is 5.75 Å². The minimum absolute atomic E-state index is 0.225. The zero-order chi connectivity index (χ0) is 15.1. The molecule has 3 N–H and O–H groups in total. The summed E-state index contributed by atoms with van der Waals surface area (Å²) in [5, 5.41) is 2.67. The Labute approximate surface area is 127 Å². The molecule has 108 valence electrons. The van der Waals surface area contributed by atoms with Crippen LogP contribution in [-0.4, -0.2) is 17.6 Å². The van der Waals surface area contributed by atoms with E-state index < -0.39 is 11.9 Å². The van der Waals surface area contributed by atoms with E-state index in [1.807, 2.05) is 36.4 Å². The number of thioether (sulfide) groups is 1. The van der Waals surface area contributed by atoms with Crippen LogP contribution in [0.5, 0.6) is 0 Å². The number of nitrogens with two attached hydrogens (primary N) is 1. The second kappa shape index (κ2) is 7.50. The number of rotatable bonds is 6. The zero-order valence-corrected chi connectivity index (χ0v) is 12.2. The van der Waals surface area contributed by atoms with E-state index in [4.69, 9.17) is 5.73 Å². The van der Waals surface area contributed by atoms with E-state index in [1.165, 1.54) is 11.8 Å². The lowest BCUT2D eigenvalue weighted by molar-refractivity contribution is -0.126. The fourth-order valence-electron chi connectivity index (χ4n) is 1.83. The third kappa shape index (κ3) is 4.65. The number of primary amides is 1. The quantitative estimate of drug-likeness (QED) is 0.803. The van der Waals surface area contributed by atoms with Gasteiger partial charge < -0.3 is 11.1 Å². The molecule has 1 unspecified atom stereocenters. The monoisotopic (exact) mass is 300 g/mol. The smallest absolute Gasteiger partial charge is 0.244 e. The second-order valence-electron chi connectivity index (χ2n) is 4.42. The maximum atomic E-state index is 12.0. The van der Waals surface area contributed by atoms with Gasteiger partial charge in [0.2, 0.25) is 11.8 Å². The van der Waals surface area contributed by atoms with E-state index in [1.54, 1.807) is 24.3 Å². The highest BCUT2D eigenvalue weighted by Crippen LogP contribution is 2.17. The molecule has 2 aromatic carbocycles. The topological polar surface area (TPSA) is 72.2 Å². The molecule has 0 saturated carbocycles. The van der Waals surface area contributed by atoms with Crippen molar-refractivity contribution in [2.24, 2.45) is 5.73 Å². The van der Waals surface area contributed by atoms with Crippen LogP contribution in [-0.2, 0) is 9.59 Å². The maximum Gasteiger partial charge on any atom is 0.244 e. The number of carbonyl (C=O) groups excluding carboxylic acids is 2. The first-order valence-electron chi connectivity index (χ1n) is 6.48. The Morgan fingerprint density at radius 3 is 2.14 bits per heavy atom. The van der Waals surface area contributed by atoms with Crippen LogP contribution >= 0.6 is 11.8 Å². The molecule has 0 aliphatic carbocycles. The molecular weight excluding hydrogens is 284 g/mol. The van der Waals surface area contributed by atoms with Crippen molar-refractivity contribution in [3.63, 3.8) is 0 Å². The van der Waals surface area contributed by atoms with Crippen LogP contribution in [0.15, 0.2) is 65.6 Å². The molecule has 1 atom stereocenters. The molecule has 0 radical (unpaired) electrons. The predicted molar refractivity (Wildman–Crippen MR) is 83.7 cm³/mol. The molecule has 0 spiro atoms. The first kappa shape index (κ1) is 15.1. The van der Waals surface area contributed by atoms with Gasteiger partial charge in [-0.3, -0.25) is 9.59 Å². The lowest BCUT2D eigenvalue weighted by Crippen LogP contribution is -2.38. The lowest BCUT2D eigenvalue weighted by atomic mass is 10.1. The van der Waals surface area contributed by atoms with Gasteiger partial charge in [-0.2, -0.15) is 0 Å². The minimum atomic E-state index is -0.796. The fraction of sp³-hybridized carbons (Fsp3) is 0.125. The summed E-state index contributed by atoms with van der Waals surface area (Å²) in [6.07, 6.45) is 0. The molecule has 2 rings (SSSR count). The Balaban J connectivity index is 1.95. The molecule has 0 bridgehead atoms. The first-order valence-corrected chi connectivity index (χ1v) is 7.47. The van der Waals surface area contributed by atoms with E-state index >= 15 is 0 Å². The Kier molecular flexibility index (Phi) is 5.40. The summed E-state index contributed by atoms with van der Waals surface area (Å²) in [4.78, 5) is 24.5. The van der Waals surface area contributed by atoms with Crippen molar-refractivity contribution >= 4 is 23.6 Å². The molecule has 0 aliphatic rings. The molecule has 0 fully saturated rings. The van der Waals surface area contributed by atoms with Crippen LogP contribution in [0.4, 0.5) is 0 Å². The lowest BCUT2D eigenvalue weighted by Gasteiger charge is -2.15. The molecule has 2 amide bonds. The number of benzene rings is 2. The molecule has 0 aromatic heterocycles. The summed E-state index contributed by atoms with van der Waals surface area (Å²) in [7, 11) is 0. The van der Waals surface area contributed by atoms with Gasteiger partial charge in [-0.05, 0) is 17.7 Å². The number of carbonyl (C=O) groups is 2. The van der Waals surface area contributed by atoms with Gasteiger partial charge in [0, 0.05) is 4.90 Å².